The van der Waals surface area contributed by atoms with Crippen LogP contribution < -0.4 is 18.9 Å². The van der Waals surface area contributed by atoms with E-state index in [1.54, 1.807) is 23.1 Å². The maximum atomic E-state index is 11.7. The molecule has 13 heteroatoms. The van der Waals surface area contributed by atoms with Crippen LogP contribution >= 0.6 is 23.1 Å². The van der Waals surface area contributed by atoms with Gasteiger partial charge in [0.1, 0.15) is 16.2 Å². The number of ether oxygens (including phenoxy) is 2. The maximum absolute atomic E-state index is 11.7. The molecule has 0 bridgehead atoms. The van der Waals surface area contributed by atoms with Crippen LogP contribution in [0, 0.1) is 0 Å². The zero-order chi connectivity index (χ0) is 34.3. The van der Waals surface area contributed by atoms with Crippen molar-refractivity contribution in [1.82, 2.24) is 0 Å². The first kappa shape index (κ1) is 34.5. The van der Waals surface area contributed by atoms with Gasteiger partial charge in [0.2, 0.25) is 5.52 Å². The van der Waals surface area contributed by atoms with E-state index in [4.69, 9.17) is 9.47 Å². The van der Waals surface area contributed by atoms with E-state index in [2.05, 4.69) is 52.0 Å². The molecule has 0 amide bonds. The van der Waals surface area contributed by atoms with Gasteiger partial charge in [-0.1, -0.05) is 83.8 Å². The van der Waals surface area contributed by atoms with Crippen LogP contribution in [0.5, 0.6) is 11.5 Å². The average molecular weight is 693 g/mol. The largest absolute Gasteiger partial charge is 0.673 e. The molecule has 6 nitrogen and oxygen atoms in total. The van der Waals surface area contributed by atoms with E-state index in [1.807, 2.05) is 72.8 Å². The Kier molecular flexibility index (Phi) is 11.0. The second-order valence-corrected chi connectivity index (χ2v) is 12.5. The molecule has 0 unspecified atom stereocenters. The number of benzene rings is 4. The summed E-state index contributed by atoms with van der Waals surface area (Å²) in [6.45, 7) is 3.96. The Bertz CT molecular complexity index is 2010. The van der Waals surface area contributed by atoms with Crippen LogP contribution in [0.1, 0.15) is 30.0 Å². The summed E-state index contributed by atoms with van der Waals surface area (Å²) >= 11 is 3.43. The van der Waals surface area contributed by atoms with Crippen LogP contribution in [0.2, 0.25) is 0 Å². The van der Waals surface area contributed by atoms with Gasteiger partial charge < -0.3 is 31.6 Å². The zero-order valence-electron chi connectivity index (χ0n) is 25.8. The molecule has 1 aliphatic heterocycles. The van der Waals surface area contributed by atoms with Crippen molar-refractivity contribution in [3.05, 3.63) is 130 Å². The number of allylic oxidation sites excluding steroid dienone is 2. The minimum absolute atomic E-state index is 0.338. The molecule has 5 aromatic rings. The van der Waals surface area contributed by atoms with Crippen molar-refractivity contribution in [3.63, 3.8) is 0 Å². The summed E-state index contributed by atoms with van der Waals surface area (Å²) in [6.07, 6.45) is 6.33. The molecule has 4 aromatic carbocycles. The molecule has 246 valence electrons. The first-order chi connectivity index (χ1) is 23.0. The number of fused-ring (bicyclic) bond motifs is 2. The molecule has 0 atom stereocenters. The van der Waals surface area contributed by atoms with Gasteiger partial charge >= 0.3 is 19.2 Å². The Morgan fingerprint density at radius 1 is 0.792 bits per heavy atom. The third kappa shape index (κ3) is 9.14. The lowest BCUT2D eigenvalue weighted by Gasteiger charge is -2.21. The molecule has 0 spiro atoms. The van der Waals surface area contributed by atoms with Gasteiger partial charge in [-0.3, -0.25) is 9.59 Å². The Hall–Kier alpha value is -4.88. The molecule has 0 saturated heterocycles. The first-order valence-electron chi connectivity index (χ1n) is 14.7. The van der Waals surface area contributed by atoms with Crippen molar-refractivity contribution in [1.29, 1.82) is 0 Å². The van der Waals surface area contributed by atoms with Crippen molar-refractivity contribution >= 4 is 64.3 Å². The quantitative estimate of drug-likeness (QED) is 0.0532. The van der Waals surface area contributed by atoms with E-state index in [-0.39, 0.29) is 11.9 Å². The second-order valence-electron chi connectivity index (χ2n) is 10.4. The number of halogens is 4. The fraction of sp³-hybridized carbons (Fsp3) is 0.114. The molecule has 1 aromatic heterocycles. The molecular weight excluding hydrogens is 663 g/mol. The van der Waals surface area contributed by atoms with Crippen molar-refractivity contribution < 1.29 is 40.9 Å². The number of aromatic nitrogens is 1. The molecule has 0 saturated carbocycles. The monoisotopic (exact) mass is 692 g/mol. The zero-order valence-corrected chi connectivity index (χ0v) is 27.4. The van der Waals surface area contributed by atoms with E-state index in [0.29, 0.717) is 24.6 Å². The Morgan fingerprint density at radius 2 is 1.35 bits per heavy atom. The summed E-state index contributed by atoms with van der Waals surface area (Å²) in [6, 6.07) is 31.9. The Labute approximate surface area is 283 Å². The molecule has 1 aliphatic rings. The number of para-hydroxylation sites is 4. The maximum Gasteiger partial charge on any atom is 0.673 e. The van der Waals surface area contributed by atoms with E-state index in [9.17, 15) is 26.9 Å². The van der Waals surface area contributed by atoms with Gasteiger partial charge in [0, 0.05) is 36.4 Å². The number of carbonyl (C=O) groups is 2. The van der Waals surface area contributed by atoms with Gasteiger partial charge in [-0.05, 0) is 42.5 Å². The topological polar surface area (TPSA) is 59.7 Å². The van der Waals surface area contributed by atoms with Crippen LogP contribution in [-0.2, 0) is 22.7 Å². The summed E-state index contributed by atoms with van der Waals surface area (Å²) in [5.41, 5.74) is 4.09. The molecule has 2 heterocycles. The third-order valence-electron chi connectivity index (χ3n) is 6.86. The molecule has 0 radical (unpaired) electrons. The number of anilines is 1. The predicted molar refractivity (Wildman–Crippen MR) is 182 cm³/mol. The van der Waals surface area contributed by atoms with Gasteiger partial charge in [-0.2, -0.15) is 4.57 Å². The smallest absolute Gasteiger partial charge is 0.426 e. The van der Waals surface area contributed by atoms with Crippen LogP contribution in [0.25, 0.3) is 16.3 Å². The highest BCUT2D eigenvalue weighted by Gasteiger charge is 2.26. The summed E-state index contributed by atoms with van der Waals surface area (Å²) in [5.74, 6) is 0.461. The number of hydrogen-bond donors (Lipinski definition) is 0. The molecule has 0 aliphatic carbocycles. The molecular formula is C35H29BF4N2O4S2. The lowest BCUT2D eigenvalue weighted by Crippen LogP contribution is -2.35. The van der Waals surface area contributed by atoms with Crippen LogP contribution in [0.3, 0.4) is 0 Å². The Balaban J connectivity index is 0.000000840. The van der Waals surface area contributed by atoms with Crippen molar-refractivity contribution in [3.8, 4) is 11.5 Å². The van der Waals surface area contributed by atoms with E-state index >= 15 is 0 Å². The molecule has 48 heavy (non-hydrogen) atoms. The van der Waals surface area contributed by atoms with Crippen LogP contribution in [0.4, 0.5) is 23.0 Å². The Morgan fingerprint density at radius 3 is 2.04 bits per heavy atom. The van der Waals surface area contributed by atoms with E-state index in [0.717, 1.165) is 32.4 Å². The predicted octanol–water partition coefficient (Wildman–Crippen LogP) is 9.05. The van der Waals surface area contributed by atoms with Crippen molar-refractivity contribution in [2.75, 3.05) is 4.90 Å². The highest BCUT2D eigenvalue weighted by molar-refractivity contribution is 8.03. The number of carbonyl (C=O) groups excluding carboxylic acids is 2. The van der Waals surface area contributed by atoms with Gasteiger partial charge in [0.25, 0.3) is 5.01 Å². The molecule has 0 fully saturated rings. The minimum atomic E-state index is -6.00. The van der Waals surface area contributed by atoms with E-state index in [1.165, 1.54) is 23.4 Å². The van der Waals surface area contributed by atoms with Gasteiger partial charge in [0.15, 0.2) is 6.54 Å². The number of rotatable bonds is 8. The van der Waals surface area contributed by atoms with Crippen LogP contribution in [0.15, 0.2) is 119 Å². The highest BCUT2D eigenvalue weighted by Crippen LogP contribution is 2.47. The summed E-state index contributed by atoms with van der Waals surface area (Å²) in [4.78, 5) is 26.9. The minimum Gasteiger partial charge on any atom is -0.426 e. The number of esters is 2. The first-order valence-corrected chi connectivity index (χ1v) is 16.3. The fourth-order valence-corrected chi connectivity index (χ4v) is 7.16. The average Bonchev–Trinajstić information content (AvgIpc) is 3.55. The van der Waals surface area contributed by atoms with Crippen LogP contribution in [-0.4, -0.2) is 19.2 Å². The summed E-state index contributed by atoms with van der Waals surface area (Å²) in [7, 11) is -6.00. The normalized spacial score (nSPS) is 13.4. The third-order valence-corrected chi connectivity index (χ3v) is 9.12. The van der Waals surface area contributed by atoms with Gasteiger partial charge in [0.05, 0.1) is 22.8 Å². The fourth-order valence-electron chi connectivity index (χ4n) is 5.01. The summed E-state index contributed by atoms with van der Waals surface area (Å²) < 4.78 is 53.4. The standard InChI is InChI=1S/C35H29N2O4S2.BF4/c1-24(38)40-30-16-7-3-12-26(30)22-36-28-14-5-9-18-32(28)42-34(36)20-11-21-35-37(29-15-6-10-19-33(29)43-35)23-27-13-4-8-17-31(27)41-25(2)39;2-1(3,4)5/h3-21H,22-23H2,1-2H3;/q+1;-1. The van der Waals surface area contributed by atoms with Gasteiger partial charge in [-0.25, -0.2) is 0 Å². The SMILES string of the molecule is CC(=O)Oc1ccccc1CN1C(=CC=Cc2sc3ccccc3[n+]2Cc2ccccc2OC(C)=O)Sc2ccccc21.F[B-](F)(F)F. The number of thioether (sulfide) groups is 1. The van der Waals surface area contributed by atoms with Gasteiger partial charge in [-0.15, -0.1) is 0 Å². The molecule has 0 N–H and O–H groups in total. The van der Waals surface area contributed by atoms with E-state index < -0.39 is 7.25 Å². The van der Waals surface area contributed by atoms with Crippen molar-refractivity contribution in [2.45, 2.75) is 31.8 Å². The second kappa shape index (κ2) is 15.4. The number of hydrogen-bond acceptors (Lipinski definition) is 7. The summed E-state index contributed by atoms with van der Waals surface area (Å²) in [5, 5.41) is 2.14. The lowest BCUT2D eigenvalue weighted by atomic mass is 10.1. The molecule has 6 rings (SSSR count). The number of nitrogens with zero attached hydrogens (tertiary/aromatic N) is 2. The highest BCUT2D eigenvalue weighted by atomic mass is 32.2. The number of thiazole rings is 1. The van der Waals surface area contributed by atoms with Crippen molar-refractivity contribution in [2.24, 2.45) is 0 Å². The lowest BCUT2D eigenvalue weighted by molar-refractivity contribution is -0.659.